The summed E-state index contributed by atoms with van der Waals surface area (Å²) < 4.78 is 5.79. The van der Waals surface area contributed by atoms with Crippen molar-refractivity contribution < 1.29 is 20.1 Å². The van der Waals surface area contributed by atoms with E-state index < -0.39 is 18.3 Å². The Balaban J connectivity index is 1.56. The summed E-state index contributed by atoms with van der Waals surface area (Å²) in [5, 5.41) is 29.9. The molecular weight excluding hydrogens is 270 g/mol. The van der Waals surface area contributed by atoms with Crippen molar-refractivity contribution in [2.75, 3.05) is 13.2 Å². The first-order chi connectivity index (χ1) is 10.2. The SMILES string of the molecule is O[C@@H]1CC[C@H](COCc2ccccc2)N2C[C@@H](O)[C@@H](O)C12. The number of nitrogens with zero attached hydrogens (tertiary/aromatic N) is 1. The zero-order valence-electron chi connectivity index (χ0n) is 12.0. The van der Waals surface area contributed by atoms with Gasteiger partial charge in [-0.2, -0.15) is 0 Å². The van der Waals surface area contributed by atoms with Crippen LogP contribution in [-0.4, -0.2) is 63.8 Å². The molecular formula is C16H23NO4. The molecule has 2 aliphatic heterocycles. The number of hydrogen-bond acceptors (Lipinski definition) is 5. The molecule has 1 aromatic rings. The predicted molar refractivity (Wildman–Crippen MR) is 77.6 cm³/mol. The molecule has 0 saturated carbocycles. The third-order valence-electron chi connectivity index (χ3n) is 4.61. The molecule has 2 heterocycles. The van der Waals surface area contributed by atoms with Crippen molar-refractivity contribution in [1.29, 1.82) is 0 Å². The summed E-state index contributed by atoms with van der Waals surface area (Å²) in [5.74, 6) is 0. The Morgan fingerprint density at radius 2 is 1.81 bits per heavy atom. The van der Waals surface area contributed by atoms with Gasteiger partial charge in [0.15, 0.2) is 0 Å². The second-order valence-electron chi connectivity index (χ2n) is 6.04. The first-order valence-corrected chi connectivity index (χ1v) is 7.58. The van der Waals surface area contributed by atoms with Crippen molar-refractivity contribution in [3.8, 4) is 0 Å². The molecule has 2 fully saturated rings. The maximum atomic E-state index is 10.0. The lowest BCUT2D eigenvalue weighted by Gasteiger charge is -2.40. The minimum atomic E-state index is -0.864. The van der Waals surface area contributed by atoms with Crippen molar-refractivity contribution in [3.05, 3.63) is 35.9 Å². The zero-order valence-corrected chi connectivity index (χ0v) is 12.0. The van der Waals surface area contributed by atoms with Gasteiger partial charge in [0.1, 0.15) is 0 Å². The van der Waals surface area contributed by atoms with Crippen LogP contribution in [0.2, 0.25) is 0 Å². The van der Waals surface area contributed by atoms with Gasteiger partial charge >= 0.3 is 0 Å². The van der Waals surface area contributed by atoms with E-state index in [1.807, 2.05) is 35.2 Å². The molecule has 0 spiro atoms. The molecule has 2 saturated heterocycles. The molecule has 5 heteroatoms. The average Bonchev–Trinajstić information content (AvgIpc) is 2.79. The van der Waals surface area contributed by atoms with Crippen LogP contribution in [0.15, 0.2) is 30.3 Å². The van der Waals surface area contributed by atoms with Gasteiger partial charge in [-0.1, -0.05) is 30.3 Å². The van der Waals surface area contributed by atoms with E-state index in [1.54, 1.807) is 0 Å². The van der Waals surface area contributed by atoms with Gasteiger partial charge in [0.25, 0.3) is 0 Å². The number of rotatable bonds is 4. The number of fused-ring (bicyclic) bond motifs is 1. The smallest absolute Gasteiger partial charge is 0.0991 e. The van der Waals surface area contributed by atoms with Crippen molar-refractivity contribution in [2.45, 2.75) is 49.8 Å². The normalized spacial score (nSPS) is 36.6. The molecule has 116 valence electrons. The quantitative estimate of drug-likeness (QED) is 0.736. The van der Waals surface area contributed by atoms with Crippen LogP contribution in [0.4, 0.5) is 0 Å². The summed E-state index contributed by atoms with van der Waals surface area (Å²) in [6, 6.07) is 9.78. The third-order valence-corrected chi connectivity index (χ3v) is 4.61. The van der Waals surface area contributed by atoms with E-state index in [0.29, 0.717) is 26.2 Å². The first kappa shape index (κ1) is 14.9. The van der Waals surface area contributed by atoms with E-state index in [2.05, 4.69) is 0 Å². The molecule has 0 radical (unpaired) electrons. The lowest BCUT2D eigenvalue weighted by atomic mass is 9.92. The van der Waals surface area contributed by atoms with Crippen LogP contribution < -0.4 is 0 Å². The molecule has 5 atom stereocenters. The lowest BCUT2D eigenvalue weighted by Crippen LogP contribution is -2.54. The number of aliphatic hydroxyl groups excluding tert-OH is 3. The maximum Gasteiger partial charge on any atom is 0.0991 e. The predicted octanol–water partition coefficient (Wildman–Crippen LogP) is 0.132. The van der Waals surface area contributed by atoms with Crippen LogP contribution in [0, 0.1) is 0 Å². The Hall–Kier alpha value is -0.980. The summed E-state index contributed by atoms with van der Waals surface area (Å²) in [6.07, 6.45) is -0.741. The van der Waals surface area contributed by atoms with E-state index in [0.717, 1.165) is 12.0 Å². The molecule has 2 aliphatic rings. The topological polar surface area (TPSA) is 73.2 Å². The Morgan fingerprint density at radius 1 is 1.05 bits per heavy atom. The van der Waals surface area contributed by atoms with Gasteiger partial charge in [0.05, 0.1) is 37.6 Å². The minimum Gasteiger partial charge on any atom is -0.391 e. The molecule has 3 rings (SSSR count). The van der Waals surface area contributed by atoms with Gasteiger partial charge in [-0.05, 0) is 18.4 Å². The summed E-state index contributed by atoms with van der Waals surface area (Å²) in [4.78, 5) is 2.01. The maximum absolute atomic E-state index is 10.0. The zero-order chi connectivity index (χ0) is 14.8. The minimum absolute atomic E-state index is 0.147. The van der Waals surface area contributed by atoms with Gasteiger partial charge in [-0.25, -0.2) is 0 Å². The van der Waals surface area contributed by atoms with Gasteiger partial charge in [-0.15, -0.1) is 0 Å². The van der Waals surface area contributed by atoms with Gasteiger partial charge in [0.2, 0.25) is 0 Å². The number of ether oxygens (including phenoxy) is 1. The molecule has 21 heavy (non-hydrogen) atoms. The van der Waals surface area contributed by atoms with E-state index in [4.69, 9.17) is 4.74 Å². The van der Waals surface area contributed by atoms with Crippen LogP contribution in [0.5, 0.6) is 0 Å². The Bertz CT molecular complexity index is 455. The molecule has 0 aliphatic carbocycles. The van der Waals surface area contributed by atoms with Crippen LogP contribution in [0.1, 0.15) is 18.4 Å². The highest BCUT2D eigenvalue weighted by Crippen LogP contribution is 2.32. The van der Waals surface area contributed by atoms with Crippen LogP contribution in [0.25, 0.3) is 0 Å². The van der Waals surface area contributed by atoms with Gasteiger partial charge in [-0.3, -0.25) is 4.90 Å². The van der Waals surface area contributed by atoms with Crippen molar-refractivity contribution in [3.63, 3.8) is 0 Å². The van der Waals surface area contributed by atoms with Crippen LogP contribution >= 0.6 is 0 Å². The Morgan fingerprint density at radius 3 is 2.57 bits per heavy atom. The van der Waals surface area contributed by atoms with Crippen molar-refractivity contribution in [1.82, 2.24) is 4.90 Å². The van der Waals surface area contributed by atoms with E-state index in [9.17, 15) is 15.3 Å². The van der Waals surface area contributed by atoms with Crippen molar-refractivity contribution in [2.24, 2.45) is 0 Å². The second kappa shape index (κ2) is 6.42. The average molecular weight is 293 g/mol. The van der Waals surface area contributed by atoms with Gasteiger partial charge < -0.3 is 20.1 Å². The lowest BCUT2D eigenvalue weighted by molar-refractivity contribution is -0.0626. The summed E-state index contributed by atoms with van der Waals surface area (Å²) in [6.45, 7) is 1.52. The summed E-state index contributed by atoms with van der Waals surface area (Å²) >= 11 is 0. The van der Waals surface area contributed by atoms with Crippen LogP contribution in [-0.2, 0) is 11.3 Å². The standard InChI is InChI=1S/C16H23NO4/c18-13-7-6-12(17-8-14(19)16(20)15(13)17)10-21-9-11-4-2-1-3-5-11/h1-5,12-16,18-20H,6-10H2/t12-,13-,14-,15?,16-/m1/s1. The fourth-order valence-electron chi connectivity index (χ4n) is 3.48. The largest absolute Gasteiger partial charge is 0.391 e. The molecule has 1 aromatic carbocycles. The molecule has 0 bridgehead atoms. The highest BCUT2D eigenvalue weighted by atomic mass is 16.5. The molecule has 1 unspecified atom stereocenters. The number of benzene rings is 1. The van der Waals surface area contributed by atoms with E-state index >= 15 is 0 Å². The molecule has 0 amide bonds. The summed E-state index contributed by atoms with van der Waals surface area (Å²) in [5.41, 5.74) is 1.13. The fourth-order valence-corrected chi connectivity index (χ4v) is 3.48. The number of piperidine rings is 1. The van der Waals surface area contributed by atoms with Crippen molar-refractivity contribution >= 4 is 0 Å². The fraction of sp³-hybridized carbons (Fsp3) is 0.625. The Kier molecular flexibility index (Phi) is 4.57. The summed E-state index contributed by atoms with van der Waals surface area (Å²) in [7, 11) is 0. The van der Waals surface area contributed by atoms with E-state index in [1.165, 1.54) is 0 Å². The van der Waals surface area contributed by atoms with Crippen LogP contribution in [0.3, 0.4) is 0 Å². The first-order valence-electron chi connectivity index (χ1n) is 7.58. The van der Waals surface area contributed by atoms with Gasteiger partial charge in [0, 0.05) is 12.6 Å². The molecule has 0 aromatic heterocycles. The monoisotopic (exact) mass is 293 g/mol. The third kappa shape index (κ3) is 3.12. The Labute approximate surface area is 124 Å². The number of hydrogen-bond donors (Lipinski definition) is 3. The second-order valence-corrected chi connectivity index (χ2v) is 6.04. The number of aliphatic hydroxyl groups is 3. The molecule has 5 nitrogen and oxygen atoms in total. The highest BCUT2D eigenvalue weighted by Gasteiger charge is 2.48. The highest BCUT2D eigenvalue weighted by molar-refractivity contribution is 5.13. The van der Waals surface area contributed by atoms with E-state index in [-0.39, 0.29) is 12.1 Å². The molecule has 3 N–H and O–H groups in total.